The van der Waals surface area contributed by atoms with Crippen LogP contribution in [0.1, 0.15) is 18.4 Å². The highest BCUT2D eigenvalue weighted by atomic mass is 32.2. The van der Waals surface area contributed by atoms with Crippen molar-refractivity contribution >= 4 is 28.8 Å². The number of thioether (sulfide) groups is 1. The summed E-state index contributed by atoms with van der Waals surface area (Å²) in [6.07, 6.45) is 9.12. The van der Waals surface area contributed by atoms with Crippen molar-refractivity contribution in [1.82, 2.24) is 0 Å². The van der Waals surface area contributed by atoms with E-state index in [0.29, 0.717) is 0 Å². The lowest BCUT2D eigenvalue weighted by molar-refractivity contribution is 1.03. The number of nitrogens with zero attached hydrogens (tertiary/aromatic N) is 1. The quantitative estimate of drug-likeness (QED) is 0.172. The van der Waals surface area contributed by atoms with Crippen molar-refractivity contribution in [1.29, 1.82) is 0 Å². The molecule has 1 aliphatic rings. The fraction of sp³-hybridized carbons (Fsp3) is 0.0698. The number of rotatable bonds is 8. The van der Waals surface area contributed by atoms with Crippen LogP contribution in [0.25, 0.3) is 33.4 Å². The minimum absolute atomic E-state index is 1.10. The summed E-state index contributed by atoms with van der Waals surface area (Å²) in [5.74, 6) is 0. The van der Waals surface area contributed by atoms with Gasteiger partial charge in [0, 0.05) is 26.7 Å². The molecule has 0 N–H and O–H groups in total. The molecule has 0 aromatic heterocycles. The van der Waals surface area contributed by atoms with Gasteiger partial charge in [0.25, 0.3) is 0 Å². The summed E-state index contributed by atoms with van der Waals surface area (Å²) in [7, 11) is 0. The molecular weight excluding hydrogens is 563 g/mol. The van der Waals surface area contributed by atoms with Crippen molar-refractivity contribution in [2.45, 2.75) is 24.7 Å². The molecule has 0 radical (unpaired) electrons. The average Bonchev–Trinajstić information content (AvgIpc) is 3.11. The molecule has 0 bridgehead atoms. The molecule has 7 rings (SSSR count). The standard InChI is InChI=1S/C43H35NS/c1-32-14-13-22-41(43(32)40-21-11-12-23-42(40)45-39-19-9-4-10-20-39)44(37-28-24-35(25-29-37)33-15-5-2-6-16-33)38-30-26-36(27-31-38)34-17-7-3-8-18-34/h2-3,5-9,11-31H,4,10H2,1H3. The Morgan fingerprint density at radius 2 is 1.07 bits per heavy atom. The molecule has 0 fully saturated rings. The smallest absolute Gasteiger partial charge is 0.0543 e. The lowest BCUT2D eigenvalue weighted by atomic mass is 9.96. The SMILES string of the molecule is Cc1cccc(N(c2ccc(-c3ccccc3)cc2)c2ccc(-c3ccccc3)cc2)c1-c1ccccc1SC1=CCCC=C1. The molecule has 0 aliphatic heterocycles. The van der Waals surface area contributed by atoms with Crippen LogP contribution in [0.3, 0.4) is 0 Å². The number of hydrogen-bond acceptors (Lipinski definition) is 2. The third-order valence-corrected chi connectivity index (χ3v) is 9.42. The van der Waals surface area contributed by atoms with Crippen LogP contribution >= 0.6 is 11.8 Å². The lowest BCUT2D eigenvalue weighted by Crippen LogP contribution is -2.12. The molecule has 1 aliphatic carbocycles. The van der Waals surface area contributed by atoms with Crippen LogP contribution in [0.15, 0.2) is 180 Å². The number of aryl methyl sites for hydroxylation is 1. The normalized spacial score (nSPS) is 12.5. The topological polar surface area (TPSA) is 3.24 Å². The van der Waals surface area contributed by atoms with Gasteiger partial charge in [0.05, 0.1) is 5.69 Å². The monoisotopic (exact) mass is 597 g/mol. The zero-order valence-corrected chi connectivity index (χ0v) is 26.3. The molecule has 45 heavy (non-hydrogen) atoms. The van der Waals surface area contributed by atoms with Crippen molar-refractivity contribution in [3.63, 3.8) is 0 Å². The van der Waals surface area contributed by atoms with Gasteiger partial charge in [-0.1, -0.05) is 145 Å². The van der Waals surface area contributed by atoms with Gasteiger partial charge in [-0.25, -0.2) is 0 Å². The number of hydrogen-bond donors (Lipinski definition) is 0. The molecule has 0 spiro atoms. The largest absolute Gasteiger partial charge is 0.310 e. The van der Waals surface area contributed by atoms with Crippen LogP contribution in [0.2, 0.25) is 0 Å². The van der Waals surface area contributed by atoms with E-state index in [1.807, 2.05) is 11.8 Å². The first kappa shape index (κ1) is 28.7. The van der Waals surface area contributed by atoms with Gasteiger partial charge >= 0.3 is 0 Å². The second-order valence-electron chi connectivity index (χ2n) is 11.3. The highest BCUT2D eigenvalue weighted by Gasteiger charge is 2.21. The van der Waals surface area contributed by atoms with Crippen LogP contribution in [0.5, 0.6) is 0 Å². The van der Waals surface area contributed by atoms with E-state index in [0.717, 1.165) is 29.9 Å². The second-order valence-corrected chi connectivity index (χ2v) is 12.4. The summed E-state index contributed by atoms with van der Waals surface area (Å²) in [5, 5.41) is 0. The average molecular weight is 598 g/mol. The molecule has 0 unspecified atom stereocenters. The molecule has 0 heterocycles. The highest BCUT2D eigenvalue weighted by molar-refractivity contribution is 8.03. The van der Waals surface area contributed by atoms with Crippen LogP contribution in [0.4, 0.5) is 17.1 Å². The predicted molar refractivity (Wildman–Crippen MR) is 194 cm³/mol. The van der Waals surface area contributed by atoms with E-state index in [1.54, 1.807) is 0 Å². The van der Waals surface area contributed by atoms with Crippen LogP contribution in [-0.4, -0.2) is 0 Å². The first-order valence-corrected chi connectivity index (χ1v) is 16.4. The summed E-state index contributed by atoms with van der Waals surface area (Å²) in [4.78, 5) is 4.99. The van der Waals surface area contributed by atoms with Gasteiger partial charge in [-0.3, -0.25) is 0 Å². The molecule has 1 nitrogen and oxygen atoms in total. The maximum atomic E-state index is 2.41. The first-order chi connectivity index (χ1) is 22.2. The van der Waals surface area contributed by atoms with Crippen molar-refractivity contribution in [2.24, 2.45) is 0 Å². The Bertz CT molecular complexity index is 1870. The second kappa shape index (κ2) is 13.3. The van der Waals surface area contributed by atoms with Gasteiger partial charge in [0.15, 0.2) is 0 Å². The van der Waals surface area contributed by atoms with Crippen molar-refractivity contribution < 1.29 is 0 Å². The highest BCUT2D eigenvalue weighted by Crippen LogP contribution is 2.46. The van der Waals surface area contributed by atoms with Gasteiger partial charge in [-0.05, 0) is 89.5 Å². The van der Waals surface area contributed by atoms with E-state index in [-0.39, 0.29) is 0 Å². The predicted octanol–water partition coefficient (Wildman–Crippen LogP) is 12.8. The van der Waals surface area contributed by atoms with E-state index >= 15 is 0 Å². The van der Waals surface area contributed by atoms with Crippen LogP contribution in [0, 0.1) is 6.92 Å². The van der Waals surface area contributed by atoms with Gasteiger partial charge in [0.2, 0.25) is 0 Å². The Hall–Kier alpha value is -5.05. The van der Waals surface area contributed by atoms with E-state index in [9.17, 15) is 0 Å². The minimum atomic E-state index is 1.10. The third kappa shape index (κ3) is 6.29. The Labute approximate surface area is 271 Å². The molecule has 6 aromatic carbocycles. The Kier molecular flexibility index (Phi) is 8.48. The maximum Gasteiger partial charge on any atom is 0.0543 e. The summed E-state index contributed by atoms with van der Waals surface area (Å²) in [6, 6.07) is 54.6. The molecule has 0 atom stereocenters. The molecule has 2 heteroatoms. The van der Waals surface area contributed by atoms with Gasteiger partial charge in [-0.15, -0.1) is 0 Å². The Morgan fingerprint density at radius 1 is 0.511 bits per heavy atom. The molecule has 218 valence electrons. The minimum Gasteiger partial charge on any atom is -0.310 e. The van der Waals surface area contributed by atoms with Crippen LogP contribution in [-0.2, 0) is 0 Å². The van der Waals surface area contributed by atoms with Gasteiger partial charge in [-0.2, -0.15) is 0 Å². The van der Waals surface area contributed by atoms with Crippen molar-refractivity contribution in [2.75, 3.05) is 4.90 Å². The molecule has 0 saturated carbocycles. The van der Waals surface area contributed by atoms with Crippen LogP contribution < -0.4 is 4.90 Å². The molecule has 0 amide bonds. The lowest BCUT2D eigenvalue weighted by Gasteiger charge is -2.29. The van der Waals surface area contributed by atoms with E-state index < -0.39 is 0 Å². The summed E-state index contributed by atoms with van der Waals surface area (Å²) in [6.45, 7) is 2.23. The molecule has 0 saturated heterocycles. The first-order valence-electron chi connectivity index (χ1n) is 15.6. The molecule has 6 aromatic rings. The van der Waals surface area contributed by atoms with E-state index in [4.69, 9.17) is 0 Å². The zero-order chi connectivity index (χ0) is 30.4. The fourth-order valence-electron chi connectivity index (χ4n) is 6.04. The van der Waals surface area contributed by atoms with Gasteiger partial charge < -0.3 is 4.90 Å². The van der Waals surface area contributed by atoms with Crippen molar-refractivity contribution in [3.05, 3.63) is 180 Å². The summed E-state index contributed by atoms with van der Waals surface area (Å²) < 4.78 is 0. The fourth-order valence-corrected chi connectivity index (χ4v) is 7.08. The maximum absolute atomic E-state index is 2.41. The van der Waals surface area contributed by atoms with Crippen molar-refractivity contribution in [3.8, 4) is 33.4 Å². The van der Waals surface area contributed by atoms with Gasteiger partial charge in [0.1, 0.15) is 0 Å². The summed E-state index contributed by atoms with van der Waals surface area (Å²) in [5.41, 5.74) is 12.0. The number of allylic oxidation sites excluding steroid dienone is 3. The number of benzene rings is 6. The van der Waals surface area contributed by atoms with E-state index in [2.05, 4.69) is 182 Å². The zero-order valence-electron chi connectivity index (χ0n) is 25.4. The Morgan fingerprint density at radius 3 is 1.64 bits per heavy atom. The Balaban J connectivity index is 1.37. The number of anilines is 3. The third-order valence-electron chi connectivity index (χ3n) is 8.30. The molecular formula is C43H35NS. The van der Waals surface area contributed by atoms with E-state index in [1.165, 1.54) is 48.7 Å². The summed E-state index contributed by atoms with van der Waals surface area (Å²) >= 11 is 1.86.